The number of halogens is 1. The third-order valence-electron chi connectivity index (χ3n) is 3.51. The molecule has 6 nitrogen and oxygen atoms in total. The van der Waals surface area contributed by atoms with Gasteiger partial charge in [0.1, 0.15) is 17.4 Å². The van der Waals surface area contributed by atoms with Crippen LogP contribution in [0.2, 0.25) is 0 Å². The molecule has 1 heterocycles. The van der Waals surface area contributed by atoms with E-state index < -0.39 is 15.8 Å². The highest BCUT2D eigenvalue weighted by atomic mass is 32.2. The molecule has 2 rings (SSSR count). The van der Waals surface area contributed by atoms with Gasteiger partial charge >= 0.3 is 0 Å². The van der Waals surface area contributed by atoms with Crippen LogP contribution >= 0.6 is 0 Å². The smallest absolute Gasteiger partial charge is 0.210 e. The van der Waals surface area contributed by atoms with Crippen molar-refractivity contribution in [2.24, 2.45) is 5.14 Å². The Hall–Kier alpha value is -1.69. The van der Waals surface area contributed by atoms with Crippen LogP contribution in [0, 0.1) is 17.1 Å². The summed E-state index contributed by atoms with van der Waals surface area (Å²) in [6, 6.07) is 6.47. The van der Waals surface area contributed by atoms with Gasteiger partial charge in [-0.2, -0.15) is 5.26 Å². The number of anilines is 1. The second-order valence-electron chi connectivity index (χ2n) is 4.94. The molecule has 1 fully saturated rings. The first kappa shape index (κ1) is 15.7. The van der Waals surface area contributed by atoms with Crippen molar-refractivity contribution in [2.75, 3.05) is 43.4 Å². The van der Waals surface area contributed by atoms with E-state index in [0.29, 0.717) is 38.4 Å². The van der Waals surface area contributed by atoms with Crippen molar-refractivity contribution in [3.8, 4) is 6.07 Å². The van der Waals surface area contributed by atoms with Crippen LogP contribution in [0.4, 0.5) is 10.1 Å². The second-order valence-corrected chi connectivity index (χ2v) is 6.68. The molecule has 1 aromatic carbocycles. The van der Waals surface area contributed by atoms with Crippen LogP contribution < -0.4 is 10.0 Å². The Labute approximate surface area is 123 Å². The molecule has 0 aromatic heterocycles. The predicted molar refractivity (Wildman–Crippen MR) is 77.7 cm³/mol. The van der Waals surface area contributed by atoms with E-state index in [9.17, 15) is 12.8 Å². The fourth-order valence-corrected chi connectivity index (χ4v) is 2.87. The van der Waals surface area contributed by atoms with Crippen LogP contribution in [0.3, 0.4) is 0 Å². The summed E-state index contributed by atoms with van der Waals surface area (Å²) in [5.41, 5.74) is 0.638. The molecule has 0 radical (unpaired) electrons. The first-order chi connectivity index (χ1) is 9.90. The number of benzene rings is 1. The molecule has 0 saturated carbocycles. The fourth-order valence-electron chi connectivity index (χ4n) is 2.36. The molecule has 0 unspecified atom stereocenters. The number of rotatable bonds is 4. The van der Waals surface area contributed by atoms with E-state index in [1.165, 1.54) is 6.07 Å². The minimum atomic E-state index is -3.45. The average Bonchev–Trinajstić information content (AvgIpc) is 2.44. The average molecular weight is 312 g/mol. The van der Waals surface area contributed by atoms with E-state index in [1.807, 2.05) is 15.9 Å². The van der Waals surface area contributed by atoms with Gasteiger partial charge in [-0.1, -0.05) is 6.07 Å². The third-order valence-corrected chi connectivity index (χ3v) is 4.26. The molecular weight excluding hydrogens is 295 g/mol. The summed E-state index contributed by atoms with van der Waals surface area (Å²) in [7, 11) is -3.45. The largest absolute Gasteiger partial charge is 0.368 e. The SMILES string of the molecule is N#Cc1c(F)cccc1N1CCN(CCS(N)(=O)=O)CC1. The van der Waals surface area contributed by atoms with Crippen molar-refractivity contribution in [2.45, 2.75) is 0 Å². The predicted octanol–water partition coefficient (Wildman–Crippen LogP) is 0.108. The molecule has 114 valence electrons. The van der Waals surface area contributed by atoms with Gasteiger partial charge in [0, 0.05) is 32.7 Å². The van der Waals surface area contributed by atoms with Crippen LogP contribution in [0.25, 0.3) is 0 Å². The summed E-state index contributed by atoms with van der Waals surface area (Å²) in [6.07, 6.45) is 0. The first-order valence-electron chi connectivity index (χ1n) is 6.57. The van der Waals surface area contributed by atoms with Gasteiger partial charge in [0.05, 0.1) is 11.4 Å². The molecule has 0 aliphatic carbocycles. The van der Waals surface area contributed by atoms with Gasteiger partial charge < -0.3 is 4.90 Å². The van der Waals surface area contributed by atoms with Crippen LogP contribution in [-0.2, 0) is 10.0 Å². The van der Waals surface area contributed by atoms with Crippen molar-refractivity contribution in [1.29, 1.82) is 5.26 Å². The molecule has 0 spiro atoms. The molecule has 1 aromatic rings. The van der Waals surface area contributed by atoms with Gasteiger partial charge in [0.2, 0.25) is 10.0 Å². The lowest BCUT2D eigenvalue weighted by Crippen LogP contribution is -2.48. The third kappa shape index (κ3) is 4.14. The van der Waals surface area contributed by atoms with Crippen LogP contribution in [0.5, 0.6) is 0 Å². The maximum absolute atomic E-state index is 13.6. The van der Waals surface area contributed by atoms with Gasteiger partial charge in [0.15, 0.2) is 0 Å². The highest BCUT2D eigenvalue weighted by Gasteiger charge is 2.21. The zero-order valence-corrected chi connectivity index (χ0v) is 12.3. The summed E-state index contributed by atoms with van der Waals surface area (Å²) in [5, 5.41) is 14.0. The van der Waals surface area contributed by atoms with Crippen molar-refractivity contribution in [3.05, 3.63) is 29.6 Å². The summed E-state index contributed by atoms with van der Waals surface area (Å²) in [5.74, 6) is -0.595. The number of hydrogen-bond donors (Lipinski definition) is 1. The van der Waals surface area contributed by atoms with Gasteiger partial charge in [-0.15, -0.1) is 0 Å². The summed E-state index contributed by atoms with van der Waals surface area (Å²) < 4.78 is 35.5. The highest BCUT2D eigenvalue weighted by molar-refractivity contribution is 7.89. The van der Waals surface area contributed by atoms with Crippen LogP contribution in [-0.4, -0.2) is 51.8 Å². The van der Waals surface area contributed by atoms with E-state index >= 15 is 0 Å². The summed E-state index contributed by atoms with van der Waals surface area (Å²) in [4.78, 5) is 3.93. The lowest BCUT2D eigenvalue weighted by atomic mass is 10.1. The normalized spacial score (nSPS) is 16.7. The monoisotopic (exact) mass is 312 g/mol. The van der Waals surface area contributed by atoms with E-state index in [0.717, 1.165) is 0 Å². The fraction of sp³-hybridized carbons (Fsp3) is 0.462. The molecule has 21 heavy (non-hydrogen) atoms. The van der Waals surface area contributed by atoms with Crippen molar-refractivity contribution in [3.63, 3.8) is 0 Å². The summed E-state index contributed by atoms with van der Waals surface area (Å²) >= 11 is 0. The minimum Gasteiger partial charge on any atom is -0.368 e. The molecule has 0 bridgehead atoms. The zero-order valence-electron chi connectivity index (χ0n) is 11.5. The Morgan fingerprint density at radius 1 is 1.29 bits per heavy atom. The number of primary sulfonamides is 1. The molecule has 8 heteroatoms. The second kappa shape index (κ2) is 6.39. The molecule has 1 aliphatic heterocycles. The molecule has 0 atom stereocenters. The number of hydrogen-bond acceptors (Lipinski definition) is 5. The number of nitriles is 1. The minimum absolute atomic E-state index is 0.0514. The van der Waals surface area contributed by atoms with Gasteiger partial charge in [-0.05, 0) is 12.1 Å². The molecule has 1 aliphatic rings. The topological polar surface area (TPSA) is 90.4 Å². The van der Waals surface area contributed by atoms with Crippen molar-refractivity contribution >= 4 is 15.7 Å². The zero-order chi connectivity index (χ0) is 15.5. The quantitative estimate of drug-likeness (QED) is 0.852. The van der Waals surface area contributed by atoms with Crippen LogP contribution in [0.1, 0.15) is 5.56 Å². The number of nitrogens with two attached hydrogens (primary N) is 1. The number of nitrogens with zero attached hydrogens (tertiary/aromatic N) is 3. The van der Waals surface area contributed by atoms with Gasteiger partial charge in [0.25, 0.3) is 0 Å². The van der Waals surface area contributed by atoms with Gasteiger partial charge in [-0.25, -0.2) is 17.9 Å². The Balaban J connectivity index is 1.99. The molecule has 0 amide bonds. The number of piperazine rings is 1. The van der Waals surface area contributed by atoms with E-state index in [-0.39, 0.29) is 11.3 Å². The molecule has 2 N–H and O–H groups in total. The van der Waals surface area contributed by atoms with E-state index in [4.69, 9.17) is 10.4 Å². The Bertz CT molecular complexity index is 649. The molecule has 1 saturated heterocycles. The Morgan fingerprint density at radius 2 is 1.95 bits per heavy atom. The maximum atomic E-state index is 13.6. The Kier molecular flexibility index (Phi) is 4.77. The lowest BCUT2D eigenvalue weighted by molar-refractivity contribution is 0.272. The number of sulfonamides is 1. The molecular formula is C13H17FN4O2S. The highest BCUT2D eigenvalue weighted by Crippen LogP contribution is 2.23. The van der Waals surface area contributed by atoms with Crippen molar-refractivity contribution < 1.29 is 12.8 Å². The maximum Gasteiger partial charge on any atom is 0.210 e. The van der Waals surface area contributed by atoms with E-state index in [1.54, 1.807) is 12.1 Å². The van der Waals surface area contributed by atoms with E-state index in [2.05, 4.69) is 0 Å². The summed E-state index contributed by atoms with van der Waals surface area (Å²) in [6.45, 7) is 2.92. The lowest BCUT2D eigenvalue weighted by Gasteiger charge is -2.36. The van der Waals surface area contributed by atoms with Crippen LogP contribution in [0.15, 0.2) is 18.2 Å². The van der Waals surface area contributed by atoms with Crippen molar-refractivity contribution in [1.82, 2.24) is 4.90 Å². The standard InChI is InChI=1S/C13H17FN4O2S/c14-12-2-1-3-13(11(12)10-15)18-6-4-17(5-7-18)8-9-21(16,19)20/h1-3H,4-9H2,(H2,16,19,20). The van der Waals surface area contributed by atoms with Gasteiger partial charge in [-0.3, -0.25) is 4.90 Å². The first-order valence-corrected chi connectivity index (χ1v) is 8.28. The Morgan fingerprint density at radius 3 is 2.52 bits per heavy atom.